The summed E-state index contributed by atoms with van der Waals surface area (Å²) in [6.45, 7) is 0.977. The zero-order valence-electron chi connectivity index (χ0n) is 14.1. The molecule has 0 saturated carbocycles. The maximum atomic E-state index is 12.7. The average Bonchev–Trinajstić information content (AvgIpc) is 3.17. The number of hydrogen-bond donors (Lipinski definition) is 0. The van der Waals surface area contributed by atoms with Crippen LogP contribution in [0.15, 0.2) is 35.4 Å². The maximum Gasteiger partial charge on any atom is 0.243 e. The van der Waals surface area contributed by atoms with E-state index >= 15 is 0 Å². The lowest BCUT2D eigenvalue weighted by atomic mass is 10.1. The maximum absolute atomic E-state index is 12.7. The Balaban J connectivity index is 1.50. The highest BCUT2D eigenvalue weighted by Crippen LogP contribution is 2.15. The predicted octanol–water partition coefficient (Wildman–Crippen LogP) is 1.60. The van der Waals surface area contributed by atoms with Crippen molar-refractivity contribution in [3.8, 4) is 0 Å². The zero-order chi connectivity index (χ0) is 17.6. The smallest absolute Gasteiger partial charge is 0.243 e. The first-order valence-electron chi connectivity index (χ1n) is 8.56. The molecule has 7 heteroatoms. The molecule has 0 bridgehead atoms. The molecule has 1 fully saturated rings. The van der Waals surface area contributed by atoms with Gasteiger partial charge in [0.15, 0.2) is 0 Å². The number of hydrazone groups is 1. The number of halogens is 1. The Morgan fingerprint density at radius 1 is 1.16 bits per heavy atom. The highest BCUT2D eigenvalue weighted by Gasteiger charge is 2.26. The van der Waals surface area contributed by atoms with E-state index in [1.807, 2.05) is 30.3 Å². The van der Waals surface area contributed by atoms with Crippen LogP contribution in [0.5, 0.6) is 0 Å². The quantitative estimate of drug-likeness (QED) is 0.813. The molecule has 0 radical (unpaired) electrons. The number of alkyl halides is 1. The molecule has 134 valence electrons. The lowest BCUT2D eigenvalue weighted by Gasteiger charge is -2.31. The summed E-state index contributed by atoms with van der Waals surface area (Å²) < 4.78 is 17.9. The molecule has 2 amide bonds. The summed E-state index contributed by atoms with van der Waals surface area (Å²) in [5.41, 5.74) is 1.90. The molecule has 1 aromatic rings. The molecule has 2 aliphatic rings. The van der Waals surface area contributed by atoms with E-state index in [1.54, 1.807) is 4.90 Å². The Morgan fingerprint density at radius 2 is 1.92 bits per heavy atom. The fraction of sp³-hybridized carbons (Fsp3) is 0.500. The topological polar surface area (TPSA) is 62.2 Å². The van der Waals surface area contributed by atoms with Crippen LogP contribution in [-0.4, -0.2) is 66.5 Å². The minimum atomic E-state index is -0.604. The zero-order valence-corrected chi connectivity index (χ0v) is 14.1. The van der Waals surface area contributed by atoms with Crippen molar-refractivity contribution in [2.24, 2.45) is 5.10 Å². The second-order valence-corrected chi connectivity index (χ2v) is 6.17. The second-order valence-electron chi connectivity index (χ2n) is 6.17. The molecule has 0 aliphatic carbocycles. The van der Waals surface area contributed by atoms with Gasteiger partial charge in [-0.1, -0.05) is 30.3 Å². The molecular formula is C18H22FN3O3. The number of hydrogen-bond acceptors (Lipinski definition) is 4. The van der Waals surface area contributed by atoms with Crippen molar-refractivity contribution in [2.75, 3.05) is 32.9 Å². The van der Waals surface area contributed by atoms with E-state index in [4.69, 9.17) is 4.74 Å². The Morgan fingerprint density at radius 3 is 2.68 bits per heavy atom. The van der Waals surface area contributed by atoms with Crippen molar-refractivity contribution >= 4 is 17.5 Å². The minimum absolute atomic E-state index is 0.113. The van der Waals surface area contributed by atoms with Crippen LogP contribution in [0.3, 0.4) is 0 Å². The molecule has 1 unspecified atom stereocenters. The molecule has 6 nitrogen and oxygen atoms in total. The van der Waals surface area contributed by atoms with Gasteiger partial charge < -0.3 is 9.64 Å². The molecule has 2 aliphatic heterocycles. The van der Waals surface area contributed by atoms with Gasteiger partial charge in [-0.15, -0.1) is 0 Å². The molecule has 25 heavy (non-hydrogen) atoms. The van der Waals surface area contributed by atoms with Gasteiger partial charge in [-0.3, -0.25) is 9.59 Å². The third kappa shape index (κ3) is 4.42. The third-order valence-corrected chi connectivity index (χ3v) is 4.41. The van der Waals surface area contributed by atoms with Gasteiger partial charge in [0, 0.05) is 32.4 Å². The number of carbonyl (C=O) groups is 2. The fourth-order valence-electron chi connectivity index (χ4n) is 3.01. The molecular weight excluding hydrogens is 325 g/mol. The lowest BCUT2D eigenvalue weighted by Crippen LogP contribution is -2.46. The van der Waals surface area contributed by atoms with Crippen molar-refractivity contribution in [3.63, 3.8) is 0 Å². The third-order valence-electron chi connectivity index (χ3n) is 4.41. The van der Waals surface area contributed by atoms with E-state index in [9.17, 15) is 14.0 Å². The minimum Gasteiger partial charge on any atom is -0.372 e. The van der Waals surface area contributed by atoms with Gasteiger partial charge in [0.25, 0.3) is 0 Å². The van der Waals surface area contributed by atoms with E-state index in [-0.39, 0.29) is 31.2 Å². The molecule has 2 heterocycles. The number of amides is 2. The second kappa shape index (κ2) is 8.20. The summed E-state index contributed by atoms with van der Waals surface area (Å²) in [6.07, 6.45) is 0.391. The predicted molar refractivity (Wildman–Crippen MR) is 90.8 cm³/mol. The van der Waals surface area contributed by atoms with Crippen molar-refractivity contribution < 1.29 is 18.7 Å². The normalized spacial score (nSPS) is 20.5. The SMILES string of the molecule is O=C(CCC(=O)N1CCC(c2ccccc2)=N1)N1CCOC(CF)C1. The van der Waals surface area contributed by atoms with Crippen molar-refractivity contribution in [2.45, 2.75) is 25.4 Å². The van der Waals surface area contributed by atoms with Crippen LogP contribution in [0.1, 0.15) is 24.8 Å². The van der Waals surface area contributed by atoms with Crippen molar-refractivity contribution in [3.05, 3.63) is 35.9 Å². The molecule has 3 rings (SSSR count). The van der Waals surface area contributed by atoms with Gasteiger partial charge in [-0.05, 0) is 5.56 Å². The van der Waals surface area contributed by atoms with Crippen LogP contribution in [0, 0.1) is 0 Å². The molecule has 1 saturated heterocycles. The van der Waals surface area contributed by atoms with Gasteiger partial charge >= 0.3 is 0 Å². The fourth-order valence-corrected chi connectivity index (χ4v) is 3.01. The largest absolute Gasteiger partial charge is 0.372 e. The van der Waals surface area contributed by atoms with E-state index in [2.05, 4.69) is 5.10 Å². The number of morpholine rings is 1. The monoisotopic (exact) mass is 347 g/mol. The Labute approximate surface area is 146 Å². The first-order valence-corrected chi connectivity index (χ1v) is 8.56. The number of nitrogens with zero attached hydrogens (tertiary/aromatic N) is 3. The lowest BCUT2D eigenvalue weighted by molar-refractivity contribution is -0.142. The van der Waals surface area contributed by atoms with Crippen LogP contribution < -0.4 is 0 Å². The summed E-state index contributed by atoms with van der Waals surface area (Å²) in [4.78, 5) is 26.1. The van der Waals surface area contributed by atoms with Crippen LogP contribution in [0.25, 0.3) is 0 Å². The Kier molecular flexibility index (Phi) is 5.75. The summed E-state index contributed by atoms with van der Waals surface area (Å²) in [7, 11) is 0. The van der Waals surface area contributed by atoms with Crippen LogP contribution in [0.4, 0.5) is 4.39 Å². The van der Waals surface area contributed by atoms with Gasteiger partial charge in [0.1, 0.15) is 12.8 Å². The van der Waals surface area contributed by atoms with Crippen LogP contribution in [0.2, 0.25) is 0 Å². The number of ether oxygens (including phenoxy) is 1. The summed E-state index contributed by atoms with van der Waals surface area (Å²) in [6, 6.07) is 9.75. The highest BCUT2D eigenvalue weighted by atomic mass is 19.1. The van der Waals surface area contributed by atoms with Crippen molar-refractivity contribution in [1.29, 1.82) is 0 Å². The van der Waals surface area contributed by atoms with E-state index in [0.717, 1.165) is 11.3 Å². The Bertz CT molecular complexity index is 650. The molecule has 1 aromatic carbocycles. The number of carbonyl (C=O) groups excluding carboxylic acids is 2. The first-order chi connectivity index (χ1) is 12.2. The molecule has 1 atom stereocenters. The summed E-state index contributed by atoms with van der Waals surface area (Å²) in [5.74, 6) is -0.295. The van der Waals surface area contributed by atoms with Gasteiger partial charge in [0.05, 0.1) is 18.9 Å². The van der Waals surface area contributed by atoms with Crippen LogP contribution >= 0.6 is 0 Å². The van der Waals surface area contributed by atoms with E-state index < -0.39 is 12.8 Å². The van der Waals surface area contributed by atoms with E-state index in [0.29, 0.717) is 26.1 Å². The van der Waals surface area contributed by atoms with Gasteiger partial charge in [0.2, 0.25) is 11.8 Å². The standard InChI is InChI=1S/C18H22FN3O3/c19-12-15-13-21(10-11-25-15)17(23)6-7-18(24)22-9-8-16(20-22)14-4-2-1-3-5-14/h1-5,15H,6-13H2. The van der Waals surface area contributed by atoms with Crippen molar-refractivity contribution in [1.82, 2.24) is 9.91 Å². The summed E-state index contributed by atoms with van der Waals surface area (Å²) >= 11 is 0. The first kappa shape index (κ1) is 17.5. The molecule has 0 aromatic heterocycles. The van der Waals surface area contributed by atoms with Gasteiger partial charge in [-0.25, -0.2) is 9.40 Å². The highest BCUT2D eigenvalue weighted by molar-refractivity contribution is 6.02. The van der Waals surface area contributed by atoms with E-state index in [1.165, 1.54) is 5.01 Å². The van der Waals surface area contributed by atoms with Crippen LogP contribution in [-0.2, 0) is 14.3 Å². The molecule has 0 N–H and O–H groups in total. The molecule has 0 spiro atoms. The average molecular weight is 347 g/mol. The summed E-state index contributed by atoms with van der Waals surface area (Å²) in [5, 5.41) is 5.82. The number of benzene rings is 1. The Hall–Kier alpha value is -2.28. The number of rotatable bonds is 5. The van der Waals surface area contributed by atoms with Gasteiger partial charge in [-0.2, -0.15) is 5.10 Å².